The molecular weight excluding hydrogens is 188 g/mol. The Morgan fingerprint density at radius 2 is 1.69 bits per heavy atom. The van der Waals surface area contributed by atoms with E-state index in [2.05, 4.69) is 11.0 Å². The van der Waals surface area contributed by atoms with Crippen molar-refractivity contribution in [1.82, 2.24) is 0 Å². The fourth-order valence-corrected chi connectivity index (χ4v) is 1.28. The monoisotopic (exact) mass is 198 g/mol. The summed E-state index contributed by atoms with van der Waals surface area (Å²) < 4.78 is 4.47. The van der Waals surface area contributed by atoms with Crippen LogP contribution in [0.2, 0.25) is 0 Å². The molecule has 0 aliphatic rings. The zero-order chi connectivity index (χ0) is 9.90. The van der Waals surface area contributed by atoms with Crippen molar-refractivity contribution in [2.24, 2.45) is 0 Å². The number of hydrogen-bond donors (Lipinski definition) is 3. The Hall–Kier alpha value is -1.14. The lowest BCUT2D eigenvalue weighted by Crippen LogP contribution is -2.42. The van der Waals surface area contributed by atoms with Crippen LogP contribution in [0, 0.1) is 0 Å². The van der Waals surface area contributed by atoms with Gasteiger partial charge in [-0.05, 0) is 17.7 Å². The van der Waals surface area contributed by atoms with Gasteiger partial charge in [0, 0.05) is 0 Å². The lowest BCUT2D eigenvalue weighted by atomic mass is 10.2. The summed E-state index contributed by atoms with van der Waals surface area (Å²) in [5.41, 5.74) is 0.883. The Labute approximate surface area is 76.8 Å². The van der Waals surface area contributed by atoms with Crippen molar-refractivity contribution in [2.45, 2.75) is 0 Å². The average molecular weight is 198 g/mol. The largest absolute Gasteiger partial charge is 0.741 e. The molecule has 0 amide bonds. The molecule has 0 heterocycles. The van der Waals surface area contributed by atoms with Crippen LogP contribution < -0.4 is 4.43 Å². The first-order chi connectivity index (χ1) is 6.01. The second kappa shape index (κ2) is 3.71. The van der Waals surface area contributed by atoms with E-state index >= 15 is 0 Å². The Morgan fingerprint density at radius 1 is 1.15 bits per heavy atom. The van der Waals surface area contributed by atoms with Gasteiger partial charge in [-0.15, -0.1) is 0 Å². The molecule has 3 N–H and O–H groups in total. The molecule has 0 unspecified atom stereocenters. The first kappa shape index (κ1) is 9.94. The van der Waals surface area contributed by atoms with Crippen molar-refractivity contribution >= 4 is 15.1 Å². The van der Waals surface area contributed by atoms with E-state index in [-0.39, 0.29) is 5.75 Å². The molecule has 0 saturated heterocycles. The molecule has 0 aliphatic carbocycles. The molecule has 0 bridgehead atoms. The summed E-state index contributed by atoms with van der Waals surface area (Å²) in [6, 6.07) is 6.40. The Morgan fingerprint density at radius 3 is 2.08 bits per heavy atom. The van der Waals surface area contributed by atoms with Crippen LogP contribution in [0.15, 0.2) is 30.8 Å². The number of hydrogen-bond acceptors (Lipinski definition) is 4. The maximum absolute atomic E-state index is 8.61. The second-order valence-electron chi connectivity index (χ2n) is 2.45. The van der Waals surface area contributed by atoms with Gasteiger partial charge in [-0.2, -0.15) is 0 Å². The van der Waals surface area contributed by atoms with Crippen LogP contribution in [-0.4, -0.2) is 23.4 Å². The summed E-state index contributed by atoms with van der Waals surface area (Å²) in [6.45, 7) is 3.55. The minimum atomic E-state index is -4.45. The topological polar surface area (TPSA) is 69.9 Å². The van der Waals surface area contributed by atoms with Gasteiger partial charge in [0.1, 0.15) is 5.75 Å². The highest BCUT2D eigenvalue weighted by Gasteiger charge is 2.33. The zero-order valence-corrected chi connectivity index (χ0v) is 7.84. The van der Waals surface area contributed by atoms with Crippen LogP contribution in [-0.2, 0) is 0 Å². The van der Waals surface area contributed by atoms with Crippen molar-refractivity contribution in [2.75, 3.05) is 0 Å². The van der Waals surface area contributed by atoms with E-state index in [0.29, 0.717) is 0 Å². The predicted molar refractivity (Wildman–Crippen MR) is 49.6 cm³/mol. The minimum absolute atomic E-state index is 0.213. The van der Waals surface area contributed by atoms with Gasteiger partial charge in [0.15, 0.2) is 0 Å². The normalized spacial score (nSPS) is 11.0. The molecule has 0 spiro atoms. The van der Waals surface area contributed by atoms with E-state index in [4.69, 9.17) is 14.4 Å². The summed E-state index contributed by atoms with van der Waals surface area (Å²) in [5, 5.41) is 0. The number of rotatable bonds is 3. The first-order valence-electron chi connectivity index (χ1n) is 3.60. The van der Waals surface area contributed by atoms with Crippen molar-refractivity contribution in [3.63, 3.8) is 0 Å². The maximum atomic E-state index is 8.61. The van der Waals surface area contributed by atoms with Crippen LogP contribution >= 0.6 is 0 Å². The molecule has 0 fully saturated rings. The Kier molecular flexibility index (Phi) is 2.84. The molecule has 1 rings (SSSR count). The zero-order valence-electron chi connectivity index (χ0n) is 6.84. The summed E-state index contributed by atoms with van der Waals surface area (Å²) in [5.74, 6) is 0.213. The molecule has 4 nitrogen and oxygen atoms in total. The summed E-state index contributed by atoms with van der Waals surface area (Å²) in [7, 11) is -4.45. The van der Waals surface area contributed by atoms with E-state index in [1.54, 1.807) is 18.2 Å². The minimum Gasteiger partial charge on any atom is -0.480 e. The molecule has 1 aromatic rings. The fourth-order valence-electron chi connectivity index (χ4n) is 0.830. The van der Waals surface area contributed by atoms with E-state index in [1.165, 1.54) is 12.1 Å². The highest BCUT2D eigenvalue weighted by Crippen LogP contribution is 2.14. The van der Waals surface area contributed by atoms with Crippen LogP contribution in [0.3, 0.4) is 0 Å². The molecular formula is C8H10O4Si. The maximum Gasteiger partial charge on any atom is 0.741 e. The SMILES string of the molecule is C=Cc1ccc(O[Si](O)(O)O)cc1. The molecule has 0 aliphatic heterocycles. The van der Waals surface area contributed by atoms with E-state index in [9.17, 15) is 0 Å². The average Bonchev–Trinajstić information content (AvgIpc) is 2.03. The third-order valence-corrected chi connectivity index (χ3v) is 1.88. The standard InChI is InChI=1S/C8H10O4Si/c1-2-7-3-5-8(6-4-7)12-13(9,10)11/h2-6,9-11H,1H2. The van der Waals surface area contributed by atoms with E-state index in [0.717, 1.165) is 5.56 Å². The van der Waals surface area contributed by atoms with Crippen molar-refractivity contribution < 1.29 is 18.8 Å². The van der Waals surface area contributed by atoms with E-state index in [1.807, 2.05) is 0 Å². The third kappa shape index (κ3) is 3.39. The highest BCUT2D eigenvalue weighted by atomic mass is 28.4. The van der Waals surface area contributed by atoms with Gasteiger partial charge in [-0.25, -0.2) is 0 Å². The van der Waals surface area contributed by atoms with Crippen LogP contribution in [0.1, 0.15) is 5.56 Å². The molecule has 0 atom stereocenters. The quantitative estimate of drug-likeness (QED) is 0.603. The Bertz CT molecular complexity index is 288. The second-order valence-corrected chi connectivity index (χ2v) is 3.80. The fraction of sp³-hybridized carbons (Fsp3) is 0. The van der Waals surface area contributed by atoms with Gasteiger partial charge in [0.2, 0.25) is 0 Å². The van der Waals surface area contributed by atoms with Gasteiger partial charge in [-0.1, -0.05) is 24.8 Å². The Balaban J connectivity index is 2.75. The third-order valence-electron chi connectivity index (χ3n) is 1.37. The van der Waals surface area contributed by atoms with Crippen molar-refractivity contribution in [1.29, 1.82) is 0 Å². The first-order valence-corrected chi connectivity index (χ1v) is 5.35. The molecule has 0 radical (unpaired) electrons. The molecule has 5 heteroatoms. The molecule has 0 saturated carbocycles. The summed E-state index contributed by atoms with van der Waals surface area (Å²) >= 11 is 0. The number of benzene rings is 1. The lowest BCUT2D eigenvalue weighted by Gasteiger charge is -2.11. The predicted octanol–water partition coefficient (Wildman–Crippen LogP) is 0.121. The van der Waals surface area contributed by atoms with Gasteiger partial charge in [0.05, 0.1) is 0 Å². The van der Waals surface area contributed by atoms with Crippen LogP contribution in [0.5, 0.6) is 5.75 Å². The van der Waals surface area contributed by atoms with Crippen molar-refractivity contribution in [3.8, 4) is 5.75 Å². The van der Waals surface area contributed by atoms with Gasteiger partial charge in [-0.3, -0.25) is 0 Å². The molecule has 1 aromatic carbocycles. The molecule has 70 valence electrons. The van der Waals surface area contributed by atoms with Gasteiger partial charge >= 0.3 is 9.05 Å². The van der Waals surface area contributed by atoms with Crippen LogP contribution in [0.25, 0.3) is 6.08 Å². The smallest absolute Gasteiger partial charge is 0.480 e. The summed E-state index contributed by atoms with van der Waals surface area (Å²) in [4.78, 5) is 25.8. The summed E-state index contributed by atoms with van der Waals surface area (Å²) in [6.07, 6.45) is 1.64. The molecule has 0 aromatic heterocycles. The van der Waals surface area contributed by atoms with Crippen molar-refractivity contribution in [3.05, 3.63) is 36.4 Å². The van der Waals surface area contributed by atoms with Gasteiger partial charge < -0.3 is 18.8 Å². The van der Waals surface area contributed by atoms with Crippen LogP contribution in [0.4, 0.5) is 0 Å². The highest BCUT2D eigenvalue weighted by molar-refractivity contribution is 6.49. The van der Waals surface area contributed by atoms with E-state index < -0.39 is 9.05 Å². The molecule has 13 heavy (non-hydrogen) atoms. The van der Waals surface area contributed by atoms with Gasteiger partial charge in [0.25, 0.3) is 0 Å². The lowest BCUT2D eigenvalue weighted by molar-refractivity contribution is 0.128.